The van der Waals surface area contributed by atoms with E-state index in [1.807, 2.05) is 6.07 Å². The van der Waals surface area contributed by atoms with Crippen LogP contribution in [0.3, 0.4) is 0 Å². The second kappa shape index (κ2) is 38.6. The molecule has 702 valence electrons. The molecule has 0 N–H and O–H groups in total. The van der Waals surface area contributed by atoms with E-state index in [0.29, 0.717) is 17.8 Å². The third-order valence-corrected chi connectivity index (χ3v) is 44.9. The van der Waals surface area contributed by atoms with E-state index in [1.165, 1.54) is 134 Å². The molecule has 0 saturated heterocycles. The van der Waals surface area contributed by atoms with Gasteiger partial charge in [0.1, 0.15) is 0 Å². The van der Waals surface area contributed by atoms with Crippen LogP contribution in [-0.4, -0.2) is 0 Å². The highest BCUT2D eigenvalue weighted by Gasteiger charge is 2.72. The van der Waals surface area contributed by atoms with E-state index >= 15 is 0 Å². The topological polar surface area (TPSA) is 0 Å². The molecule has 0 heteroatoms. The zero-order valence-corrected chi connectivity index (χ0v) is 85.6. The Morgan fingerprint density at radius 1 is 0.258 bits per heavy atom. The van der Waals surface area contributed by atoms with Crippen LogP contribution in [0.4, 0.5) is 0 Å². The van der Waals surface area contributed by atoms with Gasteiger partial charge in [0.25, 0.3) is 0 Å². The fraction of sp³-hybridized carbons (Fsp3) is 0.766. The Kier molecular flexibility index (Phi) is 28.1. The van der Waals surface area contributed by atoms with Crippen molar-refractivity contribution >= 4 is 32.3 Å². The van der Waals surface area contributed by atoms with Crippen molar-refractivity contribution in [3.8, 4) is 0 Å². The van der Waals surface area contributed by atoms with E-state index in [1.54, 1.807) is 218 Å². The second-order valence-corrected chi connectivity index (χ2v) is 54.1. The van der Waals surface area contributed by atoms with Crippen LogP contribution in [0, 0.1) is 223 Å². The Morgan fingerprint density at radius 3 is 1.31 bits per heavy atom. The number of rotatable bonds is 10. The molecular formula is C128H190. The number of hydrogen-bond acceptors (Lipinski definition) is 0. The summed E-state index contributed by atoms with van der Waals surface area (Å²) in [7, 11) is 0. The van der Waals surface area contributed by atoms with Crippen molar-refractivity contribution in [2.75, 3.05) is 0 Å². The van der Waals surface area contributed by atoms with Gasteiger partial charge >= 0.3 is 0 Å². The minimum Gasteiger partial charge on any atom is -0.0625 e. The highest BCUT2D eigenvalue weighted by atomic mass is 14.8. The standard InChI is InChI=1S/C23H36.C17H26.C17H16.C15H24.C14H24.C13H14.C11H20.C9H18.C9H12/c1-15(2)21-7-19-6-20(8-21)13-23(12-19,14-21)22-9-16-3-17(10-22)5-18(4-16)11-22;1-9(2)17-8-11-4-13-12-3-10(6-15(13)17)7-16(17)14(12)5-11;1-12(2)16-9-5-8-15-10-13-6-3-4-7-14(13)11-17(15)16;1-8(2)12-6-11-7-13(12)15-10-4-3-9(5-10)14(11)15;1-9(2)10-5-6-13-11-3-4-12(7-11)14(13)8-10;1-10(2)12-9-5-7-11-6-3-4-8-13(11)12;1-8(2)11-7-9-3-5-10(11)6-4-9;2*1-8(2)9-6-4-3-5-7-9/h15-20H,3-14H2,1-2H3;9-16H,3-8H2,1-2H3;3-12H,1-2H3;8-15H,3-7H2,1-2H3;9-14H,3-8H2,1-2H3;3-10H,1-2H3;8-11H,3-7H2,1-2H3;8-9H,3-7H2,1-2H3;3-8H,1-2H3. The van der Waals surface area contributed by atoms with Gasteiger partial charge in [0.15, 0.2) is 0 Å². The van der Waals surface area contributed by atoms with Crippen molar-refractivity contribution in [2.24, 2.45) is 223 Å². The first-order chi connectivity index (χ1) is 61.6. The Bertz CT molecular complexity index is 4510. The first kappa shape index (κ1) is 93.1. The van der Waals surface area contributed by atoms with E-state index in [0.717, 1.165) is 170 Å². The van der Waals surface area contributed by atoms with E-state index in [9.17, 15) is 0 Å². The van der Waals surface area contributed by atoms with Gasteiger partial charge in [-0.15, -0.1) is 0 Å². The lowest BCUT2D eigenvalue weighted by atomic mass is 9.29. The van der Waals surface area contributed by atoms with Gasteiger partial charge in [0.2, 0.25) is 0 Å². The Morgan fingerprint density at radius 2 is 0.766 bits per heavy atom. The SMILES string of the molecule is CC(C)C12CC3CC(C1)CC(C14CC5CC(CC(C5)C1)C4)(C3)C2.CC(C)C12CC3CC4C5CC(CC41)CC2C5C3.CC(C)C1CC2CC1C1C3CCC(C3)C21.CC(C)C1CC2CCC1CC2.CC(C)C1CCC2C3CCC(C3)C2C1.CC(C)C1CCCCC1.CC(C)c1cccc2cc3ccccc3cc12.CC(C)c1cccc2ccccc12.CC(C)c1ccccc1. The summed E-state index contributed by atoms with van der Waals surface area (Å²) < 4.78 is 0. The van der Waals surface area contributed by atoms with E-state index in [-0.39, 0.29) is 0 Å². The molecule has 128 heavy (non-hydrogen) atoms. The summed E-state index contributed by atoms with van der Waals surface area (Å²) in [6.07, 6.45) is 62.2. The number of hydrogen-bond donors (Lipinski definition) is 0. The average molecular weight is 1730 g/mol. The summed E-state index contributed by atoms with van der Waals surface area (Å²) in [5, 5.41) is 8.11. The minimum absolute atomic E-state index is 0.569. The summed E-state index contributed by atoms with van der Waals surface area (Å²) in [5.74, 6) is 39.7. The summed E-state index contributed by atoms with van der Waals surface area (Å²) >= 11 is 0. The predicted octanol–water partition coefficient (Wildman–Crippen LogP) is 37.4. The Labute approximate surface area is 786 Å². The molecule has 0 radical (unpaired) electrons. The fourth-order valence-electron chi connectivity index (χ4n) is 39.9. The van der Waals surface area contributed by atoms with Crippen LogP contribution < -0.4 is 0 Å². The lowest BCUT2D eigenvalue weighted by molar-refractivity contribution is -0.270. The maximum Gasteiger partial charge on any atom is -0.0143 e. The molecule has 26 saturated carbocycles. The molecule has 26 aliphatic rings. The lowest BCUT2D eigenvalue weighted by Gasteiger charge is -2.76. The summed E-state index contributed by atoms with van der Waals surface area (Å²) in [6, 6.07) is 45.4. The number of benzene rings is 6. The molecule has 0 amide bonds. The van der Waals surface area contributed by atoms with E-state index in [4.69, 9.17) is 0 Å². The van der Waals surface area contributed by atoms with Crippen molar-refractivity contribution in [3.63, 3.8) is 0 Å². The lowest BCUT2D eigenvalue weighted by Crippen LogP contribution is -2.69. The predicted molar refractivity (Wildman–Crippen MR) is 551 cm³/mol. The van der Waals surface area contributed by atoms with Crippen LogP contribution in [0.1, 0.15) is 409 Å². The van der Waals surface area contributed by atoms with Crippen LogP contribution >= 0.6 is 0 Å². The van der Waals surface area contributed by atoms with Crippen molar-refractivity contribution in [2.45, 2.75) is 393 Å². The van der Waals surface area contributed by atoms with Gasteiger partial charge < -0.3 is 0 Å². The van der Waals surface area contributed by atoms with Crippen molar-refractivity contribution < 1.29 is 0 Å². The van der Waals surface area contributed by atoms with Crippen LogP contribution in [-0.2, 0) is 0 Å². The fourth-order valence-corrected chi connectivity index (χ4v) is 39.9. The minimum atomic E-state index is 0.569. The van der Waals surface area contributed by atoms with Gasteiger partial charge in [0.05, 0.1) is 0 Å². The van der Waals surface area contributed by atoms with Crippen LogP contribution in [0.5, 0.6) is 0 Å². The molecule has 26 aliphatic carbocycles. The highest BCUT2D eigenvalue weighted by Crippen LogP contribution is 2.80. The Balaban J connectivity index is 0.0000000951. The van der Waals surface area contributed by atoms with Crippen molar-refractivity contribution in [3.05, 3.63) is 144 Å². The second-order valence-electron chi connectivity index (χ2n) is 54.1. The van der Waals surface area contributed by atoms with Crippen molar-refractivity contribution in [1.29, 1.82) is 0 Å². The molecule has 6 aromatic carbocycles. The van der Waals surface area contributed by atoms with Gasteiger partial charge in [-0.25, -0.2) is 0 Å². The summed E-state index contributed by atoms with van der Waals surface area (Å²) in [5.41, 5.74) is 7.50. The van der Waals surface area contributed by atoms with Crippen LogP contribution in [0.25, 0.3) is 32.3 Å². The smallest absolute Gasteiger partial charge is 0.0143 e. The monoisotopic (exact) mass is 1730 g/mol. The maximum atomic E-state index is 2.57. The molecule has 19 unspecified atom stereocenters. The molecule has 0 spiro atoms. The maximum absolute atomic E-state index is 2.57. The normalized spacial score (nSPS) is 41.4. The summed E-state index contributed by atoms with van der Waals surface area (Å²) in [4.78, 5) is 0. The van der Waals surface area contributed by atoms with Gasteiger partial charge in [-0.1, -0.05) is 285 Å². The Hall–Kier alpha value is -3.90. The van der Waals surface area contributed by atoms with Gasteiger partial charge in [-0.2, -0.15) is 0 Å². The van der Waals surface area contributed by atoms with Crippen LogP contribution in [0.15, 0.2) is 127 Å². The summed E-state index contributed by atoms with van der Waals surface area (Å²) in [6.45, 7) is 43.0. The van der Waals surface area contributed by atoms with Gasteiger partial charge in [0, 0.05) is 0 Å². The van der Waals surface area contributed by atoms with Crippen LogP contribution in [0.2, 0.25) is 0 Å². The molecule has 0 nitrogen and oxygen atoms in total. The molecular weight excluding hydrogens is 1540 g/mol. The molecule has 26 fully saturated rings. The highest BCUT2D eigenvalue weighted by molar-refractivity contribution is 5.99. The zero-order chi connectivity index (χ0) is 89.0. The van der Waals surface area contributed by atoms with E-state index in [2.05, 4.69) is 246 Å². The van der Waals surface area contributed by atoms with Gasteiger partial charge in [-0.05, 0) is 507 Å². The van der Waals surface area contributed by atoms with E-state index < -0.39 is 0 Å². The third-order valence-electron chi connectivity index (χ3n) is 44.9. The first-order valence-electron chi connectivity index (χ1n) is 57.1. The quantitative estimate of drug-likeness (QED) is 0.0947. The number of fused-ring (bicyclic) bond motifs is 20. The third kappa shape index (κ3) is 18.1. The molecule has 6 aromatic rings. The average Bonchev–Trinajstić information content (AvgIpc) is 1.46. The zero-order valence-electron chi connectivity index (χ0n) is 85.6. The molecule has 0 aromatic heterocycles. The van der Waals surface area contributed by atoms with Crippen molar-refractivity contribution in [1.82, 2.24) is 0 Å². The van der Waals surface area contributed by atoms with Gasteiger partial charge in [-0.3, -0.25) is 0 Å². The molecule has 0 aliphatic heterocycles. The largest absolute Gasteiger partial charge is 0.0625 e. The molecule has 32 rings (SSSR count). The molecule has 19 atom stereocenters. The first-order valence-corrected chi connectivity index (χ1v) is 57.1. The molecule has 24 bridgehead atoms. The molecule has 0 heterocycles.